The van der Waals surface area contributed by atoms with E-state index in [0.717, 1.165) is 0 Å². The Morgan fingerprint density at radius 2 is 2.27 bits per heavy atom. The van der Waals surface area contributed by atoms with Gasteiger partial charge in [0.05, 0.1) is 12.2 Å². The van der Waals surface area contributed by atoms with E-state index < -0.39 is 5.82 Å². The van der Waals surface area contributed by atoms with Crippen molar-refractivity contribution in [2.75, 3.05) is 13.2 Å². The lowest BCUT2D eigenvalue weighted by molar-refractivity contribution is 0.101. The predicted molar refractivity (Wildman–Crippen MR) is 56.7 cm³/mol. The quantitative estimate of drug-likeness (QED) is 0.858. The molecule has 0 heterocycles. The van der Waals surface area contributed by atoms with E-state index in [4.69, 9.17) is 9.84 Å². The number of benzene rings is 1. The Morgan fingerprint density at radius 1 is 1.60 bits per heavy atom. The summed E-state index contributed by atoms with van der Waals surface area (Å²) in [6.07, 6.45) is 0. The number of ketones is 1. The van der Waals surface area contributed by atoms with Crippen molar-refractivity contribution in [3.63, 3.8) is 0 Å². The number of aliphatic hydroxyl groups excluding tert-OH is 1. The first-order valence-electron chi connectivity index (χ1n) is 4.30. The maximum Gasteiger partial charge on any atom is 0.166 e. The van der Waals surface area contributed by atoms with Crippen LogP contribution in [0.1, 0.15) is 17.3 Å². The van der Waals surface area contributed by atoms with Gasteiger partial charge in [-0.15, -0.1) is 0 Å². The summed E-state index contributed by atoms with van der Waals surface area (Å²) in [6.45, 7) is 1.05. The first-order chi connectivity index (χ1) is 7.06. The second kappa shape index (κ2) is 5.23. The minimum atomic E-state index is -0.622. The number of rotatable bonds is 4. The minimum absolute atomic E-state index is 0.0428. The van der Waals surface area contributed by atoms with Gasteiger partial charge < -0.3 is 9.84 Å². The van der Waals surface area contributed by atoms with Crippen molar-refractivity contribution in [3.05, 3.63) is 28.0 Å². The van der Waals surface area contributed by atoms with Crippen molar-refractivity contribution in [2.24, 2.45) is 0 Å². The normalized spacial score (nSPS) is 10.1. The Kier molecular flexibility index (Phi) is 4.23. The van der Waals surface area contributed by atoms with Crippen molar-refractivity contribution in [1.82, 2.24) is 0 Å². The number of carbonyl (C=O) groups is 1. The van der Waals surface area contributed by atoms with E-state index in [1.807, 2.05) is 0 Å². The fraction of sp³-hybridized carbons (Fsp3) is 0.300. The number of ether oxygens (including phenoxy) is 1. The minimum Gasteiger partial charge on any atom is -0.487 e. The molecule has 1 N–H and O–H groups in total. The lowest BCUT2D eigenvalue weighted by atomic mass is 10.1. The lowest BCUT2D eigenvalue weighted by Crippen LogP contribution is -2.07. The fourth-order valence-electron chi connectivity index (χ4n) is 1.12. The molecule has 1 rings (SSSR count). The van der Waals surface area contributed by atoms with Crippen LogP contribution in [0.3, 0.4) is 0 Å². The van der Waals surface area contributed by atoms with Crippen LogP contribution in [0.4, 0.5) is 4.39 Å². The van der Waals surface area contributed by atoms with Crippen LogP contribution in [0.25, 0.3) is 0 Å². The maximum atomic E-state index is 13.4. The SMILES string of the molecule is CC(=O)c1cc(Br)cc(F)c1OCCO. The number of aliphatic hydroxyl groups is 1. The molecule has 0 amide bonds. The largest absolute Gasteiger partial charge is 0.487 e. The zero-order chi connectivity index (χ0) is 11.4. The molecule has 0 aliphatic rings. The summed E-state index contributed by atoms with van der Waals surface area (Å²) >= 11 is 3.09. The predicted octanol–water partition coefficient (Wildman–Crippen LogP) is 2.16. The standard InChI is InChI=1S/C10H10BrFO3/c1-6(14)8-4-7(11)5-9(12)10(8)15-3-2-13/h4-5,13H,2-3H2,1H3. The van der Waals surface area contributed by atoms with E-state index in [-0.39, 0.29) is 30.3 Å². The highest BCUT2D eigenvalue weighted by Crippen LogP contribution is 2.27. The molecule has 0 radical (unpaired) electrons. The molecule has 0 saturated heterocycles. The van der Waals surface area contributed by atoms with E-state index in [1.54, 1.807) is 0 Å². The Morgan fingerprint density at radius 3 is 2.80 bits per heavy atom. The van der Waals surface area contributed by atoms with Gasteiger partial charge in [0.2, 0.25) is 0 Å². The summed E-state index contributed by atoms with van der Waals surface area (Å²) in [7, 11) is 0. The summed E-state index contributed by atoms with van der Waals surface area (Å²) in [5, 5.41) is 8.56. The number of halogens is 2. The van der Waals surface area contributed by atoms with Gasteiger partial charge in [0, 0.05) is 4.47 Å². The molecule has 82 valence electrons. The van der Waals surface area contributed by atoms with Gasteiger partial charge in [-0.2, -0.15) is 0 Å². The smallest absolute Gasteiger partial charge is 0.166 e. The molecule has 5 heteroatoms. The summed E-state index contributed by atoms with van der Waals surface area (Å²) < 4.78 is 18.8. The second-order valence-corrected chi connectivity index (χ2v) is 3.81. The van der Waals surface area contributed by atoms with Crippen LogP contribution in [0, 0.1) is 5.82 Å². The van der Waals surface area contributed by atoms with Gasteiger partial charge in [-0.1, -0.05) is 15.9 Å². The maximum absolute atomic E-state index is 13.4. The van der Waals surface area contributed by atoms with Crippen LogP contribution in [-0.4, -0.2) is 24.1 Å². The highest BCUT2D eigenvalue weighted by atomic mass is 79.9. The van der Waals surface area contributed by atoms with Gasteiger partial charge in [-0.3, -0.25) is 4.79 Å². The average Bonchev–Trinajstić information content (AvgIpc) is 2.15. The number of carbonyl (C=O) groups excluding carboxylic acids is 1. The van der Waals surface area contributed by atoms with Crippen molar-refractivity contribution in [1.29, 1.82) is 0 Å². The number of Topliss-reactive ketones (excluding diaryl/α,β-unsaturated/α-hetero) is 1. The van der Waals surface area contributed by atoms with Gasteiger partial charge in [-0.25, -0.2) is 4.39 Å². The van der Waals surface area contributed by atoms with E-state index in [1.165, 1.54) is 19.1 Å². The highest BCUT2D eigenvalue weighted by Gasteiger charge is 2.15. The summed E-state index contributed by atoms with van der Waals surface area (Å²) in [5.74, 6) is -1.02. The Balaban J connectivity index is 3.15. The van der Waals surface area contributed by atoms with Crippen LogP contribution in [0.2, 0.25) is 0 Å². The van der Waals surface area contributed by atoms with Crippen molar-refractivity contribution in [3.8, 4) is 5.75 Å². The van der Waals surface area contributed by atoms with Gasteiger partial charge >= 0.3 is 0 Å². The topological polar surface area (TPSA) is 46.5 Å². The van der Waals surface area contributed by atoms with E-state index in [0.29, 0.717) is 4.47 Å². The Hall–Kier alpha value is -0.940. The molecule has 1 aromatic rings. The summed E-state index contributed by atoms with van der Waals surface area (Å²) in [4.78, 5) is 11.2. The van der Waals surface area contributed by atoms with Crippen molar-refractivity contribution >= 4 is 21.7 Å². The molecule has 0 bridgehead atoms. The zero-order valence-electron chi connectivity index (χ0n) is 8.09. The van der Waals surface area contributed by atoms with E-state index in [2.05, 4.69) is 15.9 Å². The molecular weight excluding hydrogens is 267 g/mol. The number of hydrogen-bond acceptors (Lipinski definition) is 3. The third-order valence-corrected chi connectivity index (χ3v) is 2.18. The first kappa shape index (κ1) is 12.1. The second-order valence-electron chi connectivity index (χ2n) is 2.89. The summed E-state index contributed by atoms with van der Waals surface area (Å²) in [5.41, 5.74) is 0.162. The third-order valence-electron chi connectivity index (χ3n) is 1.73. The molecule has 0 aromatic heterocycles. The molecule has 0 unspecified atom stereocenters. The molecule has 1 aromatic carbocycles. The number of hydrogen-bond donors (Lipinski definition) is 1. The third kappa shape index (κ3) is 3.00. The molecule has 0 saturated carbocycles. The van der Waals surface area contributed by atoms with Crippen LogP contribution in [-0.2, 0) is 0 Å². The molecule has 0 spiro atoms. The zero-order valence-corrected chi connectivity index (χ0v) is 9.67. The van der Waals surface area contributed by atoms with E-state index >= 15 is 0 Å². The molecule has 0 atom stereocenters. The molecule has 0 aliphatic carbocycles. The van der Waals surface area contributed by atoms with Gasteiger partial charge in [0.25, 0.3) is 0 Å². The van der Waals surface area contributed by atoms with Gasteiger partial charge in [-0.05, 0) is 19.1 Å². The Labute approximate surface area is 95.0 Å². The molecular formula is C10H10BrFO3. The van der Waals surface area contributed by atoms with Crippen LogP contribution in [0.5, 0.6) is 5.75 Å². The summed E-state index contributed by atoms with van der Waals surface area (Å²) in [6, 6.07) is 2.69. The van der Waals surface area contributed by atoms with Gasteiger partial charge in [0.15, 0.2) is 17.3 Å². The lowest BCUT2D eigenvalue weighted by Gasteiger charge is -2.10. The van der Waals surface area contributed by atoms with Crippen LogP contribution < -0.4 is 4.74 Å². The van der Waals surface area contributed by atoms with E-state index in [9.17, 15) is 9.18 Å². The van der Waals surface area contributed by atoms with Crippen LogP contribution >= 0.6 is 15.9 Å². The van der Waals surface area contributed by atoms with Gasteiger partial charge in [0.1, 0.15) is 6.61 Å². The average molecular weight is 277 g/mol. The Bertz CT molecular complexity index is 379. The van der Waals surface area contributed by atoms with Crippen molar-refractivity contribution < 1.29 is 19.0 Å². The first-order valence-corrected chi connectivity index (χ1v) is 5.09. The molecule has 0 fully saturated rings. The van der Waals surface area contributed by atoms with Crippen molar-refractivity contribution in [2.45, 2.75) is 6.92 Å². The molecule has 15 heavy (non-hydrogen) atoms. The van der Waals surface area contributed by atoms with Crippen LogP contribution in [0.15, 0.2) is 16.6 Å². The highest BCUT2D eigenvalue weighted by molar-refractivity contribution is 9.10. The monoisotopic (exact) mass is 276 g/mol. The fourth-order valence-corrected chi connectivity index (χ4v) is 1.55. The molecule has 3 nitrogen and oxygen atoms in total. The molecule has 0 aliphatic heterocycles.